The largest absolute Gasteiger partial charge is 0.481 e. The zero-order chi connectivity index (χ0) is 23.3. The van der Waals surface area contributed by atoms with Gasteiger partial charge in [-0.1, -0.05) is 48.5 Å². The van der Waals surface area contributed by atoms with E-state index in [0.717, 1.165) is 27.2 Å². The first-order valence-corrected chi connectivity index (χ1v) is 10.8. The predicted octanol–water partition coefficient (Wildman–Crippen LogP) is 2.95. The summed E-state index contributed by atoms with van der Waals surface area (Å²) in [6.45, 7) is -1.20. The van der Waals surface area contributed by atoms with Crippen molar-refractivity contribution in [2.75, 3.05) is 26.2 Å². The molecule has 0 radical (unpaired) electrons. The number of likely N-dealkylation sites (tertiary alicyclic amines) is 1. The first-order valence-electron chi connectivity index (χ1n) is 10.8. The minimum atomic E-state index is -3.80. The number of aliphatic carboxylic acids is 1. The molecule has 2 unspecified atom stereocenters. The van der Waals surface area contributed by atoms with E-state index in [0.29, 0.717) is 0 Å². The fourth-order valence-electron chi connectivity index (χ4n) is 5.20. The van der Waals surface area contributed by atoms with Crippen molar-refractivity contribution in [3.05, 3.63) is 59.7 Å². The number of benzene rings is 2. The average Bonchev–Trinajstić information content (AvgIpc) is 3.16. The standard InChI is InChI=1S/C24H22F2N2O5/c25-24(26,22(31)28-9-17-18(10-28)20(17)21(29)30)12-27-23(32)33-11-19-15-7-3-1-5-13(15)14-6-2-4-8-16(14)19/h1-8,17-20H,9-12H2,(H,27,32)(H,29,30). The summed E-state index contributed by atoms with van der Waals surface area (Å²) in [5, 5.41) is 11.0. The van der Waals surface area contributed by atoms with Gasteiger partial charge in [-0.05, 0) is 34.1 Å². The Hall–Kier alpha value is -3.49. The van der Waals surface area contributed by atoms with Crippen LogP contribution in [0.1, 0.15) is 17.0 Å². The van der Waals surface area contributed by atoms with Crippen molar-refractivity contribution in [2.45, 2.75) is 11.8 Å². The van der Waals surface area contributed by atoms with E-state index in [1.165, 1.54) is 0 Å². The lowest BCUT2D eigenvalue weighted by molar-refractivity contribution is -0.156. The number of carboxylic acids is 1. The molecule has 2 aromatic carbocycles. The molecular formula is C24H22F2N2O5. The molecule has 2 amide bonds. The molecule has 2 aromatic rings. The molecule has 0 bridgehead atoms. The van der Waals surface area contributed by atoms with Crippen LogP contribution in [-0.2, 0) is 14.3 Å². The fourth-order valence-corrected chi connectivity index (χ4v) is 5.20. The first kappa shape index (κ1) is 21.4. The second kappa shape index (κ2) is 7.83. The van der Waals surface area contributed by atoms with E-state index < -0.39 is 36.4 Å². The maximum atomic E-state index is 14.4. The first-order chi connectivity index (χ1) is 15.8. The minimum Gasteiger partial charge on any atom is -0.481 e. The Morgan fingerprint density at radius 3 is 2.09 bits per heavy atom. The molecule has 1 aliphatic heterocycles. The van der Waals surface area contributed by atoms with Gasteiger partial charge in [-0.2, -0.15) is 8.78 Å². The van der Waals surface area contributed by atoms with Gasteiger partial charge < -0.3 is 20.1 Å². The lowest BCUT2D eigenvalue weighted by Gasteiger charge is -2.25. The number of carboxylic acid groups (broad SMARTS) is 1. The molecule has 7 nitrogen and oxygen atoms in total. The van der Waals surface area contributed by atoms with Gasteiger partial charge in [0, 0.05) is 19.0 Å². The smallest absolute Gasteiger partial charge is 0.407 e. The molecule has 2 atom stereocenters. The molecule has 3 aliphatic rings. The summed E-state index contributed by atoms with van der Waals surface area (Å²) in [5.74, 6) is -7.46. The lowest BCUT2D eigenvalue weighted by Crippen LogP contribution is -2.50. The van der Waals surface area contributed by atoms with E-state index in [2.05, 4.69) is 0 Å². The third kappa shape index (κ3) is 3.71. The van der Waals surface area contributed by atoms with Crippen LogP contribution in [0, 0.1) is 17.8 Å². The number of piperidine rings is 1. The van der Waals surface area contributed by atoms with Crippen molar-refractivity contribution in [1.82, 2.24) is 10.2 Å². The molecule has 5 rings (SSSR count). The highest BCUT2D eigenvalue weighted by atomic mass is 19.3. The topological polar surface area (TPSA) is 95.9 Å². The van der Waals surface area contributed by atoms with Crippen molar-refractivity contribution < 1.29 is 33.0 Å². The third-order valence-electron chi connectivity index (χ3n) is 6.88. The quantitative estimate of drug-likeness (QED) is 0.697. The van der Waals surface area contributed by atoms with Gasteiger partial charge in [0.05, 0.1) is 12.5 Å². The Bertz CT molecular complexity index is 1080. The SMILES string of the molecule is O=C(NCC(F)(F)C(=O)N1CC2C(C1)C2C(=O)O)OCC1c2ccccc2-c2ccccc21. The summed E-state index contributed by atoms with van der Waals surface area (Å²) < 4.78 is 34.0. The number of alkyl carbamates (subject to hydrolysis) is 1. The molecule has 0 spiro atoms. The van der Waals surface area contributed by atoms with E-state index in [9.17, 15) is 23.2 Å². The maximum absolute atomic E-state index is 14.4. The number of fused-ring (bicyclic) bond motifs is 4. The molecule has 1 heterocycles. The fraction of sp³-hybridized carbons (Fsp3) is 0.375. The van der Waals surface area contributed by atoms with Gasteiger partial charge in [-0.3, -0.25) is 9.59 Å². The van der Waals surface area contributed by atoms with Crippen LogP contribution in [0.25, 0.3) is 11.1 Å². The third-order valence-corrected chi connectivity index (χ3v) is 6.88. The average molecular weight is 456 g/mol. The summed E-state index contributed by atoms with van der Waals surface area (Å²) in [6.07, 6.45) is -1.03. The van der Waals surface area contributed by atoms with Crippen LogP contribution in [0.3, 0.4) is 0 Å². The van der Waals surface area contributed by atoms with Crippen LogP contribution < -0.4 is 5.32 Å². The molecule has 172 valence electrons. The number of amides is 2. The van der Waals surface area contributed by atoms with E-state index in [4.69, 9.17) is 9.84 Å². The van der Waals surface area contributed by atoms with E-state index in [1.807, 2.05) is 53.8 Å². The molecule has 1 saturated heterocycles. The number of carbonyl (C=O) groups excluding carboxylic acids is 2. The summed E-state index contributed by atoms with van der Waals surface area (Å²) in [7, 11) is 0. The Morgan fingerprint density at radius 1 is 1.00 bits per heavy atom. The predicted molar refractivity (Wildman–Crippen MR) is 113 cm³/mol. The second-order valence-electron chi connectivity index (χ2n) is 8.79. The zero-order valence-corrected chi connectivity index (χ0v) is 17.5. The normalized spacial score (nSPS) is 22.8. The summed E-state index contributed by atoms with van der Waals surface area (Å²) >= 11 is 0. The van der Waals surface area contributed by atoms with Crippen LogP contribution in [-0.4, -0.2) is 60.1 Å². The maximum Gasteiger partial charge on any atom is 0.407 e. The number of halogens is 2. The molecule has 9 heteroatoms. The summed E-state index contributed by atoms with van der Waals surface area (Å²) in [4.78, 5) is 36.3. The Balaban J connectivity index is 1.15. The highest BCUT2D eigenvalue weighted by Gasteiger charge is 2.62. The van der Waals surface area contributed by atoms with Crippen LogP contribution in [0.5, 0.6) is 0 Å². The molecule has 2 fully saturated rings. The molecule has 2 N–H and O–H groups in total. The van der Waals surface area contributed by atoms with Crippen molar-refractivity contribution >= 4 is 18.0 Å². The van der Waals surface area contributed by atoms with Gasteiger partial charge in [-0.25, -0.2) is 4.79 Å². The number of nitrogens with zero attached hydrogens (tertiary/aromatic N) is 1. The molecule has 33 heavy (non-hydrogen) atoms. The number of rotatable bonds is 6. The number of carbonyl (C=O) groups is 3. The molecule has 1 saturated carbocycles. The van der Waals surface area contributed by atoms with Gasteiger partial charge in [0.15, 0.2) is 0 Å². The second-order valence-corrected chi connectivity index (χ2v) is 8.79. The Kier molecular flexibility index (Phi) is 5.07. The van der Waals surface area contributed by atoms with Gasteiger partial charge in [0.1, 0.15) is 6.61 Å². The van der Waals surface area contributed by atoms with Crippen LogP contribution >= 0.6 is 0 Å². The van der Waals surface area contributed by atoms with Gasteiger partial charge >= 0.3 is 18.0 Å². The van der Waals surface area contributed by atoms with Crippen molar-refractivity contribution in [3.8, 4) is 11.1 Å². The highest BCUT2D eigenvalue weighted by Crippen LogP contribution is 2.52. The monoisotopic (exact) mass is 456 g/mol. The number of alkyl halides is 2. The molecular weight excluding hydrogens is 434 g/mol. The van der Waals surface area contributed by atoms with Crippen LogP contribution in [0.15, 0.2) is 48.5 Å². The van der Waals surface area contributed by atoms with Crippen LogP contribution in [0.4, 0.5) is 13.6 Å². The van der Waals surface area contributed by atoms with E-state index >= 15 is 0 Å². The zero-order valence-electron chi connectivity index (χ0n) is 17.5. The lowest BCUT2D eigenvalue weighted by atomic mass is 9.98. The Morgan fingerprint density at radius 2 is 1.55 bits per heavy atom. The van der Waals surface area contributed by atoms with Crippen molar-refractivity contribution in [2.24, 2.45) is 17.8 Å². The number of hydrogen-bond donors (Lipinski definition) is 2. The minimum absolute atomic E-state index is 0.000993. The highest BCUT2D eigenvalue weighted by molar-refractivity contribution is 5.86. The number of nitrogens with one attached hydrogen (secondary N) is 1. The summed E-state index contributed by atoms with van der Waals surface area (Å²) in [6, 6.07) is 15.5. The van der Waals surface area contributed by atoms with Crippen molar-refractivity contribution in [1.29, 1.82) is 0 Å². The molecule has 0 aromatic heterocycles. The van der Waals surface area contributed by atoms with Gasteiger partial charge in [0.2, 0.25) is 0 Å². The Labute approximate surface area is 188 Å². The van der Waals surface area contributed by atoms with Gasteiger partial charge in [-0.15, -0.1) is 0 Å². The summed E-state index contributed by atoms with van der Waals surface area (Å²) in [5.41, 5.74) is 4.10. The van der Waals surface area contributed by atoms with E-state index in [1.54, 1.807) is 0 Å². The van der Waals surface area contributed by atoms with E-state index in [-0.39, 0.29) is 37.5 Å². The number of ether oxygens (including phenoxy) is 1. The van der Waals surface area contributed by atoms with Crippen molar-refractivity contribution in [3.63, 3.8) is 0 Å². The van der Waals surface area contributed by atoms with Crippen LogP contribution in [0.2, 0.25) is 0 Å². The van der Waals surface area contributed by atoms with Gasteiger partial charge in [0.25, 0.3) is 5.91 Å². The number of hydrogen-bond acceptors (Lipinski definition) is 4. The molecule has 2 aliphatic carbocycles.